The van der Waals surface area contributed by atoms with Crippen molar-refractivity contribution in [2.45, 2.75) is 13.2 Å². The first-order chi connectivity index (χ1) is 9.58. The number of nitrogens with one attached hydrogen (secondary N) is 1. The maximum absolute atomic E-state index is 12.0. The Morgan fingerprint density at radius 2 is 1.85 bits per heavy atom. The molecule has 0 saturated heterocycles. The van der Waals surface area contributed by atoms with Crippen molar-refractivity contribution in [3.63, 3.8) is 0 Å². The van der Waals surface area contributed by atoms with E-state index in [1.807, 2.05) is 12.1 Å². The number of hydrogen-bond donors (Lipinski definition) is 2. The van der Waals surface area contributed by atoms with Crippen molar-refractivity contribution in [3.05, 3.63) is 63.4 Å². The van der Waals surface area contributed by atoms with Gasteiger partial charge in [-0.3, -0.25) is 4.79 Å². The molecule has 1 heterocycles. The zero-order chi connectivity index (χ0) is 14.5. The average Bonchev–Trinajstić information content (AvgIpc) is 2.45. The van der Waals surface area contributed by atoms with Crippen molar-refractivity contribution in [2.75, 3.05) is 0 Å². The normalized spacial score (nSPS) is 10.3. The summed E-state index contributed by atoms with van der Waals surface area (Å²) in [5.74, 6) is -0.350. The smallest absolute Gasteiger partial charge is 0.270 e. The Hall–Kier alpha value is -1.62. The van der Waals surface area contributed by atoms with Crippen LogP contribution < -0.4 is 5.32 Å². The van der Waals surface area contributed by atoms with E-state index in [4.69, 9.17) is 28.3 Å². The van der Waals surface area contributed by atoms with Crippen LogP contribution in [0.2, 0.25) is 10.0 Å². The van der Waals surface area contributed by atoms with Gasteiger partial charge in [-0.2, -0.15) is 0 Å². The summed E-state index contributed by atoms with van der Waals surface area (Å²) in [4.78, 5) is 16.0. The standard InChI is InChI=1S/C14H12Cl2N2O2/c15-10-3-1-9(2-4-10)7-17-14(20)13-6-11(16)5-12(8-19)18-13/h1-6,19H,7-8H2,(H,17,20). The zero-order valence-corrected chi connectivity index (χ0v) is 11.9. The van der Waals surface area contributed by atoms with E-state index in [0.717, 1.165) is 5.56 Å². The highest BCUT2D eigenvalue weighted by atomic mass is 35.5. The van der Waals surface area contributed by atoms with Crippen LogP contribution in [0.1, 0.15) is 21.7 Å². The van der Waals surface area contributed by atoms with E-state index in [-0.39, 0.29) is 18.2 Å². The summed E-state index contributed by atoms with van der Waals surface area (Å²) in [6.45, 7) is 0.0939. The Morgan fingerprint density at radius 1 is 1.15 bits per heavy atom. The molecule has 2 rings (SSSR count). The number of carbonyl (C=O) groups excluding carboxylic acids is 1. The van der Waals surface area contributed by atoms with Crippen LogP contribution in [0.4, 0.5) is 0 Å². The zero-order valence-electron chi connectivity index (χ0n) is 10.4. The first-order valence-electron chi connectivity index (χ1n) is 5.88. The molecular formula is C14H12Cl2N2O2. The van der Waals surface area contributed by atoms with Gasteiger partial charge in [0.25, 0.3) is 5.91 Å². The molecule has 0 fully saturated rings. The van der Waals surface area contributed by atoms with Gasteiger partial charge in [-0.15, -0.1) is 0 Å². The van der Waals surface area contributed by atoms with Crippen LogP contribution in [0.25, 0.3) is 0 Å². The van der Waals surface area contributed by atoms with Crippen molar-refractivity contribution in [3.8, 4) is 0 Å². The van der Waals surface area contributed by atoms with E-state index in [9.17, 15) is 4.79 Å². The third-order valence-corrected chi connectivity index (χ3v) is 3.07. The van der Waals surface area contributed by atoms with E-state index in [1.165, 1.54) is 12.1 Å². The SMILES string of the molecule is O=C(NCc1ccc(Cl)cc1)c1cc(Cl)cc(CO)n1. The number of hydrogen-bond acceptors (Lipinski definition) is 3. The van der Waals surface area contributed by atoms with Gasteiger partial charge in [0.2, 0.25) is 0 Å². The summed E-state index contributed by atoms with van der Waals surface area (Å²) >= 11 is 11.6. The summed E-state index contributed by atoms with van der Waals surface area (Å²) in [6, 6.07) is 10.1. The number of halogens is 2. The Kier molecular flexibility index (Phi) is 4.95. The van der Waals surface area contributed by atoms with Gasteiger partial charge in [-0.25, -0.2) is 4.98 Å². The van der Waals surface area contributed by atoms with Gasteiger partial charge in [0.05, 0.1) is 12.3 Å². The Balaban J connectivity index is 2.04. The minimum atomic E-state index is -0.350. The minimum absolute atomic E-state index is 0.176. The molecule has 0 radical (unpaired) electrons. The lowest BCUT2D eigenvalue weighted by atomic mass is 10.2. The quantitative estimate of drug-likeness (QED) is 0.912. The number of aliphatic hydroxyl groups excluding tert-OH is 1. The molecular weight excluding hydrogens is 299 g/mol. The minimum Gasteiger partial charge on any atom is -0.390 e. The molecule has 20 heavy (non-hydrogen) atoms. The number of benzene rings is 1. The Morgan fingerprint density at radius 3 is 2.50 bits per heavy atom. The van der Waals surface area contributed by atoms with Crippen molar-refractivity contribution in [1.82, 2.24) is 10.3 Å². The molecule has 0 unspecified atom stereocenters. The van der Waals surface area contributed by atoms with Crippen molar-refractivity contribution in [2.24, 2.45) is 0 Å². The van der Waals surface area contributed by atoms with Crippen LogP contribution in [0, 0.1) is 0 Å². The van der Waals surface area contributed by atoms with Crippen LogP contribution >= 0.6 is 23.2 Å². The Labute approximate surface area is 126 Å². The van der Waals surface area contributed by atoms with Gasteiger partial charge in [-0.1, -0.05) is 35.3 Å². The van der Waals surface area contributed by atoms with E-state index in [0.29, 0.717) is 22.3 Å². The number of aromatic nitrogens is 1. The largest absolute Gasteiger partial charge is 0.390 e. The molecule has 2 aromatic rings. The maximum atomic E-state index is 12.0. The predicted octanol–water partition coefficient (Wildman–Crippen LogP) is 2.81. The molecule has 0 aliphatic rings. The average molecular weight is 311 g/mol. The topological polar surface area (TPSA) is 62.2 Å². The van der Waals surface area contributed by atoms with E-state index in [1.54, 1.807) is 12.1 Å². The fourth-order valence-electron chi connectivity index (χ4n) is 1.62. The second-order valence-corrected chi connectivity index (χ2v) is 5.00. The van der Waals surface area contributed by atoms with E-state index in [2.05, 4.69) is 10.3 Å². The molecule has 0 aliphatic carbocycles. The lowest BCUT2D eigenvalue weighted by molar-refractivity contribution is 0.0945. The molecule has 1 aromatic carbocycles. The Bertz CT molecular complexity index is 615. The van der Waals surface area contributed by atoms with Crippen LogP contribution in [0.5, 0.6) is 0 Å². The molecule has 0 saturated carbocycles. The summed E-state index contributed by atoms with van der Waals surface area (Å²) in [7, 11) is 0. The van der Waals surface area contributed by atoms with Crippen molar-refractivity contribution >= 4 is 29.1 Å². The molecule has 104 valence electrons. The fourth-order valence-corrected chi connectivity index (χ4v) is 1.98. The number of aliphatic hydroxyl groups is 1. The first kappa shape index (κ1) is 14.8. The molecule has 0 spiro atoms. The highest BCUT2D eigenvalue weighted by molar-refractivity contribution is 6.31. The predicted molar refractivity (Wildman–Crippen MR) is 77.8 cm³/mol. The second kappa shape index (κ2) is 6.70. The second-order valence-electron chi connectivity index (χ2n) is 4.13. The summed E-state index contributed by atoms with van der Waals surface area (Å²) in [5.41, 5.74) is 1.46. The number of nitrogens with zero attached hydrogens (tertiary/aromatic N) is 1. The first-order valence-corrected chi connectivity index (χ1v) is 6.64. The van der Waals surface area contributed by atoms with Crippen LogP contribution in [0.3, 0.4) is 0 Å². The molecule has 4 nitrogen and oxygen atoms in total. The summed E-state index contributed by atoms with van der Waals surface area (Å²) in [6.07, 6.45) is 0. The van der Waals surface area contributed by atoms with Gasteiger partial charge in [0, 0.05) is 16.6 Å². The number of amides is 1. The van der Waals surface area contributed by atoms with Crippen LogP contribution in [-0.4, -0.2) is 16.0 Å². The number of rotatable bonds is 4. The lowest BCUT2D eigenvalue weighted by Crippen LogP contribution is -2.24. The highest BCUT2D eigenvalue weighted by Gasteiger charge is 2.09. The maximum Gasteiger partial charge on any atom is 0.270 e. The van der Waals surface area contributed by atoms with Gasteiger partial charge in [0.15, 0.2) is 0 Å². The van der Waals surface area contributed by atoms with Crippen molar-refractivity contribution < 1.29 is 9.90 Å². The fraction of sp³-hybridized carbons (Fsp3) is 0.143. The van der Waals surface area contributed by atoms with Gasteiger partial charge in [-0.05, 0) is 29.8 Å². The third-order valence-electron chi connectivity index (χ3n) is 2.60. The van der Waals surface area contributed by atoms with E-state index >= 15 is 0 Å². The molecule has 0 atom stereocenters. The molecule has 0 aliphatic heterocycles. The highest BCUT2D eigenvalue weighted by Crippen LogP contribution is 2.13. The van der Waals surface area contributed by atoms with Crippen LogP contribution in [0.15, 0.2) is 36.4 Å². The molecule has 1 amide bonds. The third kappa shape index (κ3) is 3.93. The van der Waals surface area contributed by atoms with Gasteiger partial charge < -0.3 is 10.4 Å². The molecule has 2 N–H and O–H groups in total. The van der Waals surface area contributed by atoms with Crippen molar-refractivity contribution in [1.29, 1.82) is 0 Å². The summed E-state index contributed by atoms with van der Waals surface area (Å²) in [5, 5.41) is 12.8. The lowest BCUT2D eigenvalue weighted by Gasteiger charge is -2.06. The molecule has 1 aromatic heterocycles. The van der Waals surface area contributed by atoms with E-state index < -0.39 is 0 Å². The van der Waals surface area contributed by atoms with Gasteiger partial charge >= 0.3 is 0 Å². The molecule has 6 heteroatoms. The van der Waals surface area contributed by atoms with Gasteiger partial charge in [0.1, 0.15) is 5.69 Å². The number of carbonyl (C=O) groups is 1. The summed E-state index contributed by atoms with van der Waals surface area (Å²) < 4.78 is 0. The molecule has 0 bridgehead atoms. The monoisotopic (exact) mass is 310 g/mol. The number of pyridine rings is 1. The van der Waals surface area contributed by atoms with Crippen LogP contribution in [-0.2, 0) is 13.2 Å².